The van der Waals surface area contributed by atoms with Crippen molar-refractivity contribution in [1.29, 1.82) is 0 Å². The SMILES string of the molecule is C=C1/C=C\C=C/CC(=O)c2ccccc2C1=O. The molecule has 0 aromatic heterocycles. The number of hydrogen-bond acceptors (Lipinski definition) is 2. The van der Waals surface area contributed by atoms with Gasteiger partial charge in [-0.25, -0.2) is 0 Å². The molecule has 0 atom stereocenters. The number of hydrogen-bond donors (Lipinski definition) is 0. The van der Waals surface area contributed by atoms with Crippen molar-refractivity contribution in [3.8, 4) is 0 Å². The summed E-state index contributed by atoms with van der Waals surface area (Å²) in [6.45, 7) is 3.71. The van der Waals surface area contributed by atoms with Crippen LogP contribution in [0.4, 0.5) is 0 Å². The first-order chi connectivity index (χ1) is 8.20. The predicted molar refractivity (Wildman–Crippen MR) is 67.1 cm³/mol. The van der Waals surface area contributed by atoms with Crippen LogP contribution in [0.3, 0.4) is 0 Å². The van der Waals surface area contributed by atoms with E-state index in [2.05, 4.69) is 6.58 Å². The van der Waals surface area contributed by atoms with Gasteiger partial charge in [0.1, 0.15) is 0 Å². The van der Waals surface area contributed by atoms with E-state index in [1.807, 2.05) is 0 Å². The number of rotatable bonds is 0. The van der Waals surface area contributed by atoms with Crippen molar-refractivity contribution in [2.24, 2.45) is 0 Å². The minimum atomic E-state index is -0.194. The summed E-state index contributed by atoms with van der Waals surface area (Å²) in [5.74, 6) is -0.242. The fourth-order valence-corrected chi connectivity index (χ4v) is 1.71. The molecule has 17 heavy (non-hydrogen) atoms. The molecule has 2 heteroatoms. The Kier molecular flexibility index (Phi) is 3.15. The maximum atomic E-state index is 12.1. The Morgan fingerprint density at radius 1 is 1.00 bits per heavy atom. The standard InChI is InChI=1S/C15H12O2/c1-11-7-3-2-4-10-14(16)12-8-5-6-9-13(12)15(11)17/h2-9H,1,10H2/b4-2-,7-3-. The Balaban J connectivity index is 2.58. The molecular weight excluding hydrogens is 212 g/mol. The van der Waals surface area contributed by atoms with Crippen LogP contribution in [-0.4, -0.2) is 11.6 Å². The highest BCUT2D eigenvalue weighted by Crippen LogP contribution is 2.17. The molecule has 1 aliphatic rings. The summed E-state index contributed by atoms with van der Waals surface area (Å²) < 4.78 is 0. The first kappa shape index (κ1) is 11.3. The lowest BCUT2D eigenvalue weighted by Crippen LogP contribution is -2.09. The summed E-state index contributed by atoms with van der Waals surface area (Å²) in [7, 11) is 0. The first-order valence-electron chi connectivity index (χ1n) is 5.39. The van der Waals surface area contributed by atoms with Crippen molar-refractivity contribution in [3.63, 3.8) is 0 Å². The molecule has 0 amide bonds. The fraction of sp³-hybridized carbons (Fsp3) is 0.0667. The molecule has 0 heterocycles. The van der Waals surface area contributed by atoms with Crippen LogP contribution in [-0.2, 0) is 0 Å². The molecule has 84 valence electrons. The van der Waals surface area contributed by atoms with E-state index in [0.717, 1.165) is 0 Å². The number of allylic oxidation sites excluding steroid dienone is 5. The number of ketones is 2. The maximum Gasteiger partial charge on any atom is 0.193 e. The molecule has 0 saturated carbocycles. The highest BCUT2D eigenvalue weighted by Gasteiger charge is 2.17. The lowest BCUT2D eigenvalue weighted by molar-refractivity contribution is 0.0977. The third kappa shape index (κ3) is 2.31. The van der Waals surface area contributed by atoms with Gasteiger partial charge in [0.05, 0.1) is 0 Å². The fourth-order valence-electron chi connectivity index (χ4n) is 1.71. The van der Waals surface area contributed by atoms with Crippen LogP contribution in [0.1, 0.15) is 27.1 Å². The normalized spacial score (nSPS) is 19.6. The van der Waals surface area contributed by atoms with Gasteiger partial charge in [-0.05, 0) is 0 Å². The van der Waals surface area contributed by atoms with Gasteiger partial charge in [-0.2, -0.15) is 0 Å². The van der Waals surface area contributed by atoms with Gasteiger partial charge in [-0.1, -0.05) is 55.1 Å². The van der Waals surface area contributed by atoms with Crippen LogP contribution >= 0.6 is 0 Å². The number of carbonyl (C=O) groups excluding carboxylic acids is 2. The smallest absolute Gasteiger partial charge is 0.193 e. The monoisotopic (exact) mass is 224 g/mol. The van der Waals surface area contributed by atoms with E-state index in [9.17, 15) is 9.59 Å². The van der Waals surface area contributed by atoms with Gasteiger partial charge >= 0.3 is 0 Å². The molecule has 0 N–H and O–H groups in total. The predicted octanol–water partition coefficient (Wildman–Crippen LogP) is 3.12. The third-order valence-electron chi connectivity index (χ3n) is 2.61. The summed E-state index contributed by atoms with van der Waals surface area (Å²) in [4.78, 5) is 24.0. The summed E-state index contributed by atoms with van der Waals surface area (Å²) in [6.07, 6.45) is 7.22. The van der Waals surface area contributed by atoms with Crippen LogP contribution in [0, 0.1) is 0 Å². The average Bonchev–Trinajstić information content (AvgIpc) is 2.36. The molecule has 2 rings (SSSR count). The van der Waals surface area contributed by atoms with E-state index in [1.165, 1.54) is 0 Å². The summed E-state index contributed by atoms with van der Waals surface area (Å²) in [5, 5.41) is 0. The summed E-state index contributed by atoms with van der Waals surface area (Å²) >= 11 is 0. The van der Waals surface area contributed by atoms with Gasteiger partial charge in [0.25, 0.3) is 0 Å². The van der Waals surface area contributed by atoms with Gasteiger partial charge < -0.3 is 0 Å². The summed E-state index contributed by atoms with van der Waals surface area (Å²) in [6, 6.07) is 6.86. The van der Waals surface area contributed by atoms with E-state index < -0.39 is 0 Å². The zero-order valence-electron chi connectivity index (χ0n) is 9.35. The van der Waals surface area contributed by atoms with Crippen molar-refractivity contribution in [3.05, 3.63) is 71.8 Å². The van der Waals surface area contributed by atoms with Crippen LogP contribution in [0.2, 0.25) is 0 Å². The third-order valence-corrected chi connectivity index (χ3v) is 2.61. The topological polar surface area (TPSA) is 34.1 Å². The zero-order chi connectivity index (χ0) is 12.3. The molecule has 0 fully saturated rings. The molecule has 0 saturated heterocycles. The quantitative estimate of drug-likeness (QED) is 0.634. The van der Waals surface area contributed by atoms with Gasteiger partial charge in [-0.3, -0.25) is 9.59 Å². The van der Waals surface area contributed by atoms with Crippen molar-refractivity contribution in [2.45, 2.75) is 6.42 Å². The molecule has 1 aromatic carbocycles. The van der Waals surface area contributed by atoms with E-state index >= 15 is 0 Å². The lowest BCUT2D eigenvalue weighted by Gasteiger charge is -2.07. The molecule has 1 aromatic rings. The van der Waals surface area contributed by atoms with E-state index in [-0.39, 0.29) is 11.6 Å². The molecular formula is C15H12O2. The van der Waals surface area contributed by atoms with Gasteiger partial charge in [0.2, 0.25) is 0 Å². The van der Waals surface area contributed by atoms with Crippen molar-refractivity contribution in [2.75, 3.05) is 0 Å². The van der Waals surface area contributed by atoms with E-state index in [4.69, 9.17) is 0 Å². The number of Topliss-reactive ketones (excluding diaryl/α,β-unsaturated/α-hetero) is 2. The Labute approximate surface area is 100.0 Å². The Morgan fingerprint density at radius 2 is 1.71 bits per heavy atom. The Hall–Kier alpha value is -2.22. The van der Waals surface area contributed by atoms with Gasteiger partial charge in [0, 0.05) is 23.1 Å². The highest BCUT2D eigenvalue weighted by molar-refractivity contribution is 6.16. The van der Waals surface area contributed by atoms with Crippen LogP contribution in [0.25, 0.3) is 0 Å². The summed E-state index contributed by atoms with van der Waals surface area (Å²) in [5.41, 5.74) is 1.29. The van der Waals surface area contributed by atoms with Crippen LogP contribution in [0.5, 0.6) is 0 Å². The van der Waals surface area contributed by atoms with E-state index in [1.54, 1.807) is 48.6 Å². The second kappa shape index (κ2) is 4.74. The second-order valence-electron chi connectivity index (χ2n) is 3.81. The van der Waals surface area contributed by atoms with E-state index in [0.29, 0.717) is 23.1 Å². The Morgan fingerprint density at radius 3 is 2.47 bits per heavy atom. The van der Waals surface area contributed by atoms with Crippen molar-refractivity contribution < 1.29 is 9.59 Å². The van der Waals surface area contributed by atoms with Crippen molar-refractivity contribution in [1.82, 2.24) is 0 Å². The second-order valence-corrected chi connectivity index (χ2v) is 3.81. The molecule has 0 bridgehead atoms. The molecule has 0 unspecified atom stereocenters. The van der Waals surface area contributed by atoms with Crippen LogP contribution < -0.4 is 0 Å². The molecule has 0 aliphatic heterocycles. The number of fused-ring (bicyclic) bond motifs is 1. The van der Waals surface area contributed by atoms with Gasteiger partial charge in [-0.15, -0.1) is 0 Å². The molecule has 1 aliphatic carbocycles. The number of carbonyl (C=O) groups is 2. The minimum Gasteiger partial charge on any atom is -0.294 e. The lowest BCUT2D eigenvalue weighted by atomic mass is 9.94. The molecule has 0 spiro atoms. The number of benzene rings is 1. The molecule has 2 nitrogen and oxygen atoms in total. The first-order valence-corrected chi connectivity index (χ1v) is 5.39. The maximum absolute atomic E-state index is 12.1. The van der Waals surface area contributed by atoms with Gasteiger partial charge in [0.15, 0.2) is 11.6 Å². The molecule has 0 radical (unpaired) electrons. The van der Waals surface area contributed by atoms with Crippen LogP contribution in [0.15, 0.2) is 60.7 Å². The largest absolute Gasteiger partial charge is 0.294 e. The van der Waals surface area contributed by atoms with Crippen molar-refractivity contribution >= 4 is 11.6 Å². The minimum absolute atomic E-state index is 0.0479. The highest BCUT2D eigenvalue weighted by atomic mass is 16.1. The zero-order valence-corrected chi connectivity index (χ0v) is 9.35. The Bertz CT molecular complexity index is 548. The average molecular weight is 224 g/mol.